The first-order valence-electron chi connectivity index (χ1n) is 3.95. The van der Waals surface area contributed by atoms with Crippen LogP contribution in [-0.2, 0) is 7.05 Å². The third-order valence-electron chi connectivity index (χ3n) is 2.02. The normalized spacial score (nSPS) is 10.8. The SMILES string of the molecule is Cn1nc(C=N)c2cc(F)cc(F)c21. The average molecular weight is 195 g/mol. The number of aromatic nitrogens is 2. The standard InChI is InChI=1S/C9H7F2N3/c1-14-9-6(8(4-12)13-14)2-5(10)3-7(9)11/h2-4,12H,1H3. The van der Waals surface area contributed by atoms with Crippen molar-refractivity contribution in [2.24, 2.45) is 7.05 Å². The summed E-state index contributed by atoms with van der Waals surface area (Å²) in [4.78, 5) is 0. The van der Waals surface area contributed by atoms with Gasteiger partial charge in [-0.25, -0.2) is 8.78 Å². The lowest BCUT2D eigenvalue weighted by Gasteiger charge is -1.95. The molecule has 0 amide bonds. The molecule has 0 saturated carbocycles. The Morgan fingerprint density at radius 3 is 2.79 bits per heavy atom. The number of hydrogen-bond donors (Lipinski definition) is 1. The van der Waals surface area contributed by atoms with Crippen molar-refractivity contribution in [3.05, 3.63) is 29.5 Å². The molecular formula is C9H7F2N3. The summed E-state index contributed by atoms with van der Waals surface area (Å²) < 4.78 is 27.4. The van der Waals surface area contributed by atoms with E-state index in [-0.39, 0.29) is 11.2 Å². The van der Waals surface area contributed by atoms with Crippen LogP contribution in [0.2, 0.25) is 0 Å². The van der Waals surface area contributed by atoms with Crippen molar-refractivity contribution in [2.45, 2.75) is 0 Å². The average Bonchev–Trinajstić information content (AvgIpc) is 2.42. The van der Waals surface area contributed by atoms with Gasteiger partial charge in [0, 0.05) is 24.7 Å². The van der Waals surface area contributed by atoms with E-state index in [1.54, 1.807) is 7.05 Å². The Hall–Kier alpha value is -1.78. The van der Waals surface area contributed by atoms with Crippen molar-refractivity contribution < 1.29 is 8.78 Å². The van der Waals surface area contributed by atoms with Crippen molar-refractivity contribution >= 4 is 17.1 Å². The van der Waals surface area contributed by atoms with E-state index in [4.69, 9.17) is 5.41 Å². The fourth-order valence-corrected chi connectivity index (χ4v) is 1.46. The molecular weight excluding hydrogens is 188 g/mol. The third-order valence-corrected chi connectivity index (χ3v) is 2.02. The molecule has 1 aromatic carbocycles. The summed E-state index contributed by atoms with van der Waals surface area (Å²) in [6, 6.07) is 1.98. The van der Waals surface area contributed by atoms with Crippen LogP contribution in [0.25, 0.3) is 10.9 Å². The van der Waals surface area contributed by atoms with Gasteiger partial charge in [-0.2, -0.15) is 5.10 Å². The summed E-state index contributed by atoms with van der Waals surface area (Å²) >= 11 is 0. The highest BCUT2D eigenvalue weighted by Crippen LogP contribution is 2.21. The Labute approximate surface area is 78.5 Å². The summed E-state index contributed by atoms with van der Waals surface area (Å²) in [6.45, 7) is 0. The molecule has 72 valence electrons. The van der Waals surface area contributed by atoms with Gasteiger partial charge in [-0.05, 0) is 6.07 Å². The maximum Gasteiger partial charge on any atom is 0.152 e. The van der Waals surface area contributed by atoms with Crippen molar-refractivity contribution in [3.8, 4) is 0 Å². The van der Waals surface area contributed by atoms with Crippen LogP contribution in [0.5, 0.6) is 0 Å². The molecule has 5 heteroatoms. The van der Waals surface area contributed by atoms with Crippen molar-refractivity contribution in [3.63, 3.8) is 0 Å². The van der Waals surface area contributed by atoms with Gasteiger partial charge >= 0.3 is 0 Å². The highest BCUT2D eigenvalue weighted by molar-refractivity contribution is 5.96. The predicted octanol–water partition coefficient (Wildman–Crippen LogP) is 1.85. The fraction of sp³-hybridized carbons (Fsp3) is 0.111. The van der Waals surface area contributed by atoms with E-state index in [2.05, 4.69) is 5.10 Å². The van der Waals surface area contributed by atoms with Crippen LogP contribution in [0.3, 0.4) is 0 Å². The van der Waals surface area contributed by atoms with Gasteiger partial charge in [-0.3, -0.25) is 4.68 Å². The van der Waals surface area contributed by atoms with Gasteiger partial charge in [-0.15, -0.1) is 0 Å². The molecule has 2 aromatic rings. The van der Waals surface area contributed by atoms with Crippen LogP contribution in [0.1, 0.15) is 5.69 Å². The van der Waals surface area contributed by atoms with Gasteiger partial charge in [0.15, 0.2) is 5.82 Å². The second-order valence-corrected chi connectivity index (χ2v) is 2.94. The van der Waals surface area contributed by atoms with Crippen LogP contribution >= 0.6 is 0 Å². The number of nitrogens with one attached hydrogen (secondary N) is 1. The predicted molar refractivity (Wildman–Crippen MR) is 48.5 cm³/mol. The molecule has 0 radical (unpaired) electrons. The largest absolute Gasteiger partial charge is 0.306 e. The monoisotopic (exact) mass is 195 g/mol. The zero-order valence-corrected chi connectivity index (χ0v) is 7.38. The molecule has 1 N–H and O–H groups in total. The first kappa shape index (κ1) is 8.80. The molecule has 0 atom stereocenters. The molecule has 2 rings (SSSR count). The Morgan fingerprint density at radius 2 is 2.14 bits per heavy atom. The van der Waals surface area contributed by atoms with Crippen molar-refractivity contribution in [1.82, 2.24) is 9.78 Å². The van der Waals surface area contributed by atoms with Gasteiger partial charge in [-0.1, -0.05) is 0 Å². The summed E-state index contributed by atoms with van der Waals surface area (Å²) in [5, 5.41) is 11.2. The molecule has 1 heterocycles. The summed E-state index contributed by atoms with van der Waals surface area (Å²) in [6.07, 6.45) is 0.973. The molecule has 0 spiro atoms. The number of rotatable bonds is 1. The van der Waals surface area contributed by atoms with E-state index in [0.717, 1.165) is 12.3 Å². The van der Waals surface area contributed by atoms with Crippen LogP contribution in [0.15, 0.2) is 12.1 Å². The molecule has 0 aliphatic rings. The van der Waals surface area contributed by atoms with Crippen LogP contribution in [-0.4, -0.2) is 16.0 Å². The van der Waals surface area contributed by atoms with Crippen LogP contribution in [0, 0.1) is 17.0 Å². The van der Waals surface area contributed by atoms with Crippen molar-refractivity contribution in [1.29, 1.82) is 5.41 Å². The Morgan fingerprint density at radius 1 is 1.43 bits per heavy atom. The van der Waals surface area contributed by atoms with Gasteiger partial charge in [0.2, 0.25) is 0 Å². The van der Waals surface area contributed by atoms with E-state index in [1.807, 2.05) is 0 Å². The summed E-state index contributed by atoms with van der Waals surface area (Å²) in [5.74, 6) is -1.32. The van der Waals surface area contributed by atoms with Gasteiger partial charge < -0.3 is 5.41 Å². The molecule has 0 fully saturated rings. The maximum atomic E-state index is 13.3. The highest BCUT2D eigenvalue weighted by Gasteiger charge is 2.12. The topological polar surface area (TPSA) is 41.7 Å². The van der Waals surface area contributed by atoms with Gasteiger partial charge in [0.25, 0.3) is 0 Å². The molecule has 0 aliphatic carbocycles. The van der Waals surface area contributed by atoms with Crippen LogP contribution in [0.4, 0.5) is 8.78 Å². The molecule has 1 aromatic heterocycles. The number of halogens is 2. The van der Waals surface area contributed by atoms with E-state index in [0.29, 0.717) is 5.39 Å². The number of benzene rings is 1. The van der Waals surface area contributed by atoms with E-state index < -0.39 is 11.6 Å². The lowest BCUT2D eigenvalue weighted by Crippen LogP contribution is -1.92. The van der Waals surface area contributed by atoms with Crippen LogP contribution < -0.4 is 0 Å². The Balaban J connectivity index is 2.96. The minimum Gasteiger partial charge on any atom is -0.306 e. The highest BCUT2D eigenvalue weighted by atomic mass is 19.1. The molecule has 0 aliphatic heterocycles. The lowest BCUT2D eigenvalue weighted by molar-refractivity contribution is 0.586. The molecule has 0 bridgehead atoms. The Bertz CT molecular complexity index is 516. The maximum absolute atomic E-state index is 13.3. The second-order valence-electron chi connectivity index (χ2n) is 2.94. The molecule has 14 heavy (non-hydrogen) atoms. The smallest absolute Gasteiger partial charge is 0.152 e. The first-order chi connectivity index (χ1) is 6.63. The Kier molecular flexibility index (Phi) is 1.80. The zero-order chi connectivity index (χ0) is 10.3. The quantitative estimate of drug-likeness (QED) is 0.693. The number of fused-ring (bicyclic) bond motifs is 1. The number of nitrogens with zero attached hydrogens (tertiary/aromatic N) is 2. The third kappa shape index (κ3) is 1.09. The first-order valence-corrected chi connectivity index (χ1v) is 3.95. The van der Waals surface area contributed by atoms with Gasteiger partial charge in [0.05, 0.1) is 0 Å². The number of aryl methyl sites for hydroxylation is 1. The molecule has 0 unspecified atom stereocenters. The van der Waals surface area contributed by atoms with E-state index >= 15 is 0 Å². The molecule has 3 nitrogen and oxygen atoms in total. The minimum atomic E-state index is -0.664. The summed E-state index contributed by atoms with van der Waals surface area (Å²) in [7, 11) is 1.55. The number of hydrogen-bond acceptors (Lipinski definition) is 2. The van der Waals surface area contributed by atoms with E-state index in [1.165, 1.54) is 10.7 Å². The summed E-state index contributed by atoms with van der Waals surface area (Å²) in [5.41, 5.74) is 0.478. The minimum absolute atomic E-state index is 0.213. The molecule has 0 saturated heterocycles. The fourth-order valence-electron chi connectivity index (χ4n) is 1.46. The van der Waals surface area contributed by atoms with E-state index in [9.17, 15) is 8.78 Å². The van der Waals surface area contributed by atoms with Crippen molar-refractivity contribution in [2.75, 3.05) is 0 Å². The zero-order valence-electron chi connectivity index (χ0n) is 7.38. The van der Waals surface area contributed by atoms with Gasteiger partial charge in [0.1, 0.15) is 17.0 Å². The lowest BCUT2D eigenvalue weighted by atomic mass is 10.2. The second kappa shape index (κ2) is 2.87.